The van der Waals surface area contributed by atoms with Crippen LogP contribution in [0.15, 0.2) is 104 Å². The van der Waals surface area contributed by atoms with Gasteiger partial charge in [-0.2, -0.15) is 0 Å². The van der Waals surface area contributed by atoms with Crippen molar-refractivity contribution in [2.45, 2.75) is 54.9 Å². The van der Waals surface area contributed by atoms with Crippen molar-refractivity contribution in [1.82, 2.24) is 5.32 Å². The predicted molar refractivity (Wildman–Crippen MR) is 197 cm³/mol. The Morgan fingerprint density at radius 1 is 0.727 bits per heavy atom. The van der Waals surface area contributed by atoms with Crippen LogP contribution in [0.1, 0.15) is 64.7 Å². The maximum atomic E-state index is 12.7. The quantitative estimate of drug-likeness (QED) is 0.160. The normalized spacial score (nSPS) is 9.23. The summed E-state index contributed by atoms with van der Waals surface area (Å²) in [4.78, 5) is 3.97. The molecule has 0 unspecified atom stereocenters. The van der Waals surface area contributed by atoms with Gasteiger partial charge in [-0.05, 0) is 20.2 Å². The molecule has 0 amide bonds. The van der Waals surface area contributed by atoms with E-state index in [1.165, 1.54) is 33.5 Å². The molecule has 5 heteroatoms. The molecule has 2 N–H and O–H groups in total. The number of hydrogen-bond donors (Lipinski definition) is 2. The molecule has 5 aromatic rings. The van der Waals surface area contributed by atoms with E-state index in [-0.39, 0.29) is 11.5 Å². The van der Waals surface area contributed by atoms with E-state index in [1.54, 1.807) is 30.3 Å². The number of nitrogens with one attached hydrogen (secondary N) is 1. The number of hydrogen-bond acceptors (Lipinski definition) is 3. The van der Waals surface area contributed by atoms with Crippen LogP contribution in [0.3, 0.4) is 0 Å². The molecule has 0 fully saturated rings. The fourth-order valence-electron chi connectivity index (χ4n) is 4.08. The zero-order valence-electron chi connectivity index (χ0n) is 28.1. The van der Waals surface area contributed by atoms with Crippen LogP contribution >= 0.6 is 0 Å². The summed E-state index contributed by atoms with van der Waals surface area (Å²) >= 11 is 0. The van der Waals surface area contributed by atoms with Crippen LogP contribution in [0.4, 0.5) is 4.53 Å². The van der Waals surface area contributed by atoms with Gasteiger partial charge in [0.15, 0.2) is 0 Å². The van der Waals surface area contributed by atoms with Crippen molar-refractivity contribution in [3.63, 3.8) is 0 Å². The Labute approximate surface area is 266 Å². The number of phenols is 1. The van der Waals surface area contributed by atoms with E-state index >= 15 is 0 Å². The van der Waals surface area contributed by atoms with Crippen LogP contribution in [0.25, 0.3) is 27.6 Å². The van der Waals surface area contributed by atoms with Crippen LogP contribution in [0.5, 0.6) is 11.5 Å². The van der Waals surface area contributed by atoms with Crippen LogP contribution in [-0.2, 0) is 0 Å². The first-order valence-corrected chi connectivity index (χ1v) is 15.4. The standard InChI is InChI=1S/C22H16BFO.C8H8O.C3H8.C2H7N.2C2H6/c1-15-17-9-3-4-10-18(17)19-11-5-6-12-20(19)22(15)23-14-16-8-2-7-13-21(16)25-24;1-2-7-5-3-4-6-8(7)9;2*1-3-2;2*1-2/h2-14H,1H3;2-6,9H,1H2;3H2,1-2H3;3H,1-2H3;2*1-2H3. The molecule has 234 valence electrons. The summed E-state index contributed by atoms with van der Waals surface area (Å²) < 4.78 is 12.7. The molecule has 5 rings (SSSR count). The van der Waals surface area contributed by atoms with E-state index in [2.05, 4.69) is 80.1 Å². The molecule has 0 heterocycles. The summed E-state index contributed by atoms with van der Waals surface area (Å²) in [6.07, 6.45) is 2.87. The zero-order valence-corrected chi connectivity index (χ0v) is 28.1. The van der Waals surface area contributed by atoms with E-state index < -0.39 is 0 Å². The van der Waals surface area contributed by atoms with E-state index in [0.29, 0.717) is 5.56 Å². The first-order chi connectivity index (χ1) is 21.5. The molecule has 44 heavy (non-hydrogen) atoms. The van der Waals surface area contributed by atoms with Crippen LogP contribution in [0, 0.1) is 6.92 Å². The Morgan fingerprint density at radius 3 is 1.61 bits per heavy atom. The third-order valence-corrected chi connectivity index (χ3v) is 5.83. The second kappa shape index (κ2) is 24.3. The Kier molecular flexibility index (Phi) is 21.9. The third kappa shape index (κ3) is 12.2. The van der Waals surface area contributed by atoms with Crippen LogP contribution in [-0.4, -0.2) is 32.1 Å². The number of benzene rings is 5. The van der Waals surface area contributed by atoms with Crippen LogP contribution < -0.4 is 15.7 Å². The maximum absolute atomic E-state index is 12.7. The minimum absolute atomic E-state index is 0.224. The van der Waals surface area contributed by atoms with Crippen molar-refractivity contribution in [3.8, 4) is 11.5 Å². The van der Waals surface area contributed by atoms with Gasteiger partial charge in [0.1, 0.15) is 5.75 Å². The molecule has 0 saturated heterocycles. The molecule has 0 aromatic heterocycles. The summed E-state index contributed by atoms with van der Waals surface area (Å²) in [6, 6.07) is 31.0. The Balaban J connectivity index is 0.000000807. The fraction of sp³-hybridized carbons (Fsp3) is 0.256. The first kappa shape index (κ1) is 39.8. The molecule has 0 saturated carbocycles. The second-order valence-corrected chi connectivity index (χ2v) is 9.05. The first-order valence-electron chi connectivity index (χ1n) is 15.4. The molecule has 0 aliphatic heterocycles. The molecular weight excluding hydrogens is 544 g/mol. The number of phenolic OH excluding ortho intramolecular Hbond substituents is 1. The summed E-state index contributed by atoms with van der Waals surface area (Å²) in [6.45, 7) is 20.0. The van der Waals surface area contributed by atoms with Gasteiger partial charge in [-0.15, -0.1) is 0 Å². The van der Waals surface area contributed by atoms with Gasteiger partial charge in [-0.1, -0.05) is 78.8 Å². The molecule has 0 bridgehead atoms. The fourth-order valence-corrected chi connectivity index (χ4v) is 4.08. The molecule has 5 aromatic carbocycles. The summed E-state index contributed by atoms with van der Waals surface area (Å²) in [5.41, 5.74) is 3.84. The third-order valence-electron chi connectivity index (χ3n) is 5.83. The topological polar surface area (TPSA) is 41.5 Å². The second-order valence-electron chi connectivity index (χ2n) is 9.05. The zero-order chi connectivity index (χ0) is 33.3. The molecule has 0 aliphatic carbocycles. The molecule has 0 radical (unpaired) electrons. The van der Waals surface area contributed by atoms with Gasteiger partial charge in [0.25, 0.3) is 0 Å². The van der Waals surface area contributed by atoms with Gasteiger partial charge >= 0.3 is 146 Å². The SMILES string of the molecule is C=Cc1ccccc1O.CC.CC.CCC.CNC.Cc1c(B=Cc2ccccc2OF)c2ccccc2c2ccccc12. The van der Waals surface area contributed by atoms with E-state index in [1.807, 2.05) is 85.0 Å². The van der Waals surface area contributed by atoms with Crippen molar-refractivity contribution in [3.05, 3.63) is 120 Å². The van der Waals surface area contributed by atoms with Crippen LogP contribution in [0.2, 0.25) is 0 Å². The van der Waals surface area contributed by atoms with Gasteiger partial charge in [-0.3, -0.25) is 0 Å². The molecular formula is C39H51BFNO2. The van der Waals surface area contributed by atoms with Gasteiger partial charge in [-0.25, -0.2) is 0 Å². The monoisotopic (exact) mass is 595 g/mol. The van der Waals surface area contributed by atoms with E-state index in [0.717, 1.165) is 11.0 Å². The summed E-state index contributed by atoms with van der Waals surface area (Å²) in [7, 11) is 3.75. The average molecular weight is 596 g/mol. The van der Waals surface area contributed by atoms with Crippen molar-refractivity contribution in [1.29, 1.82) is 0 Å². The number of aryl methyl sites for hydroxylation is 1. The molecule has 0 aliphatic rings. The predicted octanol–water partition coefficient (Wildman–Crippen LogP) is 10.1. The van der Waals surface area contributed by atoms with Gasteiger partial charge < -0.3 is 10.4 Å². The number of rotatable bonds is 4. The number of aromatic hydroxyl groups is 1. The number of para-hydroxylation sites is 2. The van der Waals surface area contributed by atoms with Gasteiger partial charge in [0, 0.05) is 5.56 Å². The summed E-state index contributed by atoms with van der Waals surface area (Å²) in [5.74, 6) is 2.41. The Morgan fingerprint density at radius 2 is 1.14 bits per heavy atom. The molecule has 0 spiro atoms. The minimum atomic E-state index is 0.224. The Hall–Kier alpha value is -4.22. The van der Waals surface area contributed by atoms with Crippen molar-refractivity contribution in [2.24, 2.45) is 0 Å². The van der Waals surface area contributed by atoms with Crippen molar-refractivity contribution >= 4 is 46.0 Å². The Bertz CT molecular complexity index is 1530. The number of fused-ring (bicyclic) bond motifs is 3. The molecule has 0 atom stereocenters. The molecule has 3 nitrogen and oxygen atoms in total. The van der Waals surface area contributed by atoms with Gasteiger partial charge in [0.05, 0.1) is 0 Å². The van der Waals surface area contributed by atoms with E-state index in [9.17, 15) is 4.53 Å². The van der Waals surface area contributed by atoms with Crippen molar-refractivity contribution < 1.29 is 14.6 Å². The average Bonchev–Trinajstić information content (AvgIpc) is 3.08. The van der Waals surface area contributed by atoms with Gasteiger partial charge in [0.2, 0.25) is 0 Å². The van der Waals surface area contributed by atoms with E-state index in [4.69, 9.17) is 5.11 Å². The summed E-state index contributed by atoms with van der Waals surface area (Å²) in [5, 5.41) is 16.7. The number of halogens is 1. The van der Waals surface area contributed by atoms with Crippen molar-refractivity contribution in [2.75, 3.05) is 14.1 Å².